The molecular formula is C21H26BrF2NO2S. The standard InChI is InChI=1S/C21H26BrF2NO2S/c1-4-17(26)20(2,21(3,27)19(23)24)25-13-5-6-14-7-9-15(10-8-14)16-11-12-18(22)28-16/h7-12,19,25,27H,4-6,13H2,1-3H3. The van der Waals surface area contributed by atoms with Gasteiger partial charge in [0.2, 0.25) is 0 Å². The van der Waals surface area contributed by atoms with Crippen LogP contribution in [0.25, 0.3) is 10.4 Å². The number of halogens is 3. The highest BCUT2D eigenvalue weighted by Gasteiger charge is 2.53. The lowest BCUT2D eigenvalue weighted by Crippen LogP contribution is -2.67. The molecule has 2 atom stereocenters. The predicted molar refractivity (Wildman–Crippen MR) is 114 cm³/mol. The van der Waals surface area contributed by atoms with E-state index in [1.54, 1.807) is 18.3 Å². The minimum absolute atomic E-state index is 0.0761. The molecule has 0 aliphatic carbocycles. The summed E-state index contributed by atoms with van der Waals surface area (Å²) in [7, 11) is 0. The van der Waals surface area contributed by atoms with E-state index in [0.717, 1.165) is 28.3 Å². The Bertz CT molecular complexity index is 792. The van der Waals surface area contributed by atoms with Gasteiger partial charge in [-0.2, -0.15) is 0 Å². The van der Waals surface area contributed by atoms with E-state index < -0.39 is 23.3 Å². The van der Waals surface area contributed by atoms with Crippen LogP contribution in [0.1, 0.15) is 39.2 Å². The number of carbonyl (C=O) groups excluding carboxylic acids is 1. The van der Waals surface area contributed by atoms with Gasteiger partial charge in [0, 0.05) is 11.3 Å². The van der Waals surface area contributed by atoms with Gasteiger partial charge in [-0.1, -0.05) is 31.2 Å². The van der Waals surface area contributed by atoms with Gasteiger partial charge in [0.05, 0.1) is 3.79 Å². The van der Waals surface area contributed by atoms with Crippen molar-refractivity contribution in [1.29, 1.82) is 0 Å². The van der Waals surface area contributed by atoms with Crippen LogP contribution in [0.15, 0.2) is 40.2 Å². The number of aryl methyl sites for hydroxylation is 1. The number of hydrogen-bond donors (Lipinski definition) is 2. The lowest BCUT2D eigenvalue weighted by Gasteiger charge is -2.41. The third kappa shape index (κ3) is 5.06. The lowest BCUT2D eigenvalue weighted by atomic mass is 9.78. The fraction of sp³-hybridized carbons (Fsp3) is 0.476. The zero-order chi connectivity index (χ0) is 20.9. The number of ketones is 1. The Morgan fingerprint density at radius 1 is 1.21 bits per heavy atom. The molecule has 3 nitrogen and oxygen atoms in total. The Hall–Kier alpha value is -1.15. The molecule has 0 amide bonds. The minimum Gasteiger partial charge on any atom is -0.382 e. The van der Waals surface area contributed by atoms with Gasteiger partial charge in [0.1, 0.15) is 11.1 Å². The number of thiophene rings is 1. The maximum absolute atomic E-state index is 13.3. The van der Waals surface area contributed by atoms with Crippen molar-refractivity contribution in [3.63, 3.8) is 0 Å². The third-order valence-electron chi connectivity index (χ3n) is 5.25. The van der Waals surface area contributed by atoms with Crippen LogP contribution in [0.2, 0.25) is 0 Å². The van der Waals surface area contributed by atoms with Crippen LogP contribution in [0.4, 0.5) is 8.78 Å². The summed E-state index contributed by atoms with van der Waals surface area (Å²) in [5, 5.41) is 13.1. The summed E-state index contributed by atoms with van der Waals surface area (Å²) in [5.41, 5.74) is -1.85. The number of nitrogens with one attached hydrogen (secondary N) is 1. The summed E-state index contributed by atoms with van der Waals surface area (Å²) in [6.07, 6.45) is -1.54. The average Bonchev–Trinajstić information content (AvgIpc) is 3.10. The molecule has 0 aliphatic rings. The fourth-order valence-corrected chi connectivity index (χ4v) is 4.46. The molecule has 28 heavy (non-hydrogen) atoms. The summed E-state index contributed by atoms with van der Waals surface area (Å²) in [5.74, 6) is -0.427. The second-order valence-corrected chi connectivity index (χ2v) is 9.64. The molecule has 7 heteroatoms. The number of carbonyl (C=O) groups is 1. The summed E-state index contributed by atoms with van der Waals surface area (Å²) >= 11 is 5.13. The Morgan fingerprint density at radius 3 is 2.36 bits per heavy atom. The molecule has 0 saturated carbocycles. The Kier molecular flexibility index (Phi) is 7.90. The van der Waals surface area contributed by atoms with Gasteiger partial charge in [-0.25, -0.2) is 8.78 Å². The zero-order valence-electron chi connectivity index (χ0n) is 16.3. The number of aliphatic hydroxyl groups is 1. The highest BCUT2D eigenvalue weighted by molar-refractivity contribution is 9.11. The quantitative estimate of drug-likeness (QED) is 0.450. The van der Waals surface area contributed by atoms with E-state index in [9.17, 15) is 18.7 Å². The first kappa shape index (κ1) is 23.1. The van der Waals surface area contributed by atoms with E-state index in [2.05, 4.69) is 51.6 Å². The van der Waals surface area contributed by atoms with Crippen molar-refractivity contribution in [2.75, 3.05) is 6.54 Å². The first-order chi connectivity index (χ1) is 13.1. The number of benzene rings is 1. The molecule has 0 spiro atoms. The van der Waals surface area contributed by atoms with Crippen LogP contribution in [-0.4, -0.2) is 35.0 Å². The molecule has 0 saturated heterocycles. The van der Waals surface area contributed by atoms with Gasteiger partial charge >= 0.3 is 0 Å². The molecular weight excluding hydrogens is 448 g/mol. The van der Waals surface area contributed by atoms with Crippen molar-refractivity contribution in [3.05, 3.63) is 45.7 Å². The van der Waals surface area contributed by atoms with E-state index in [1.165, 1.54) is 11.8 Å². The molecule has 0 fully saturated rings. The van der Waals surface area contributed by atoms with Gasteiger partial charge in [-0.05, 0) is 72.4 Å². The van der Waals surface area contributed by atoms with Crippen LogP contribution in [0, 0.1) is 0 Å². The van der Waals surface area contributed by atoms with Crippen LogP contribution in [0.3, 0.4) is 0 Å². The van der Waals surface area contributed by atoms with Crippen molar-refractivity contribution in [2.45, 2.75) is 57.6 Å². The van der Waals surface area contributed by atoms with E-state index >= 15 is 0 Å². The predicted octanol–water partition coefficient (Wildman–Crippen LogP) is 5.45. The highest BCUT2D eigenvalue weighted by atomic mass is 79.9. The van der Waals surface area contributed by atoms with Crippen LogP contribution >= 0.6 is 27.3 Å². The monoisotopic (exact) mass is 473 g/mol. The van der Waals surface area contributed by atoms with Crippen LogP contribution in [0.5, 0.6) is 0 Å². The topological polar surface area (TPSA) is 49.3 Å². The number of Topliss-reactive ketones (excluding diaryl/α,β-unsaturated/α-hetero) is 1. The molecule has 2 N–H and O–H groups in total. The van der Waals surface area contributed by atoms with Crippen molar-refractivity contribution in [1.82, 2.24) is 5.32 Å². The zero-order valence-corrected chi connectivity index (χ0v) is 18.7. The van der Waals surface area contributed by atoms with Gasteiger partial charge in [-0.3, -0.25) is 4.79 Å². The second-order valence-electron chi connectivity index (χ2n) is 7.18. The Balaban J connectivity index is 1.95. The van der Waals surface area contributed by atoms with Crippen LogP contribution < -0.4 is 5.32 Å². The second kappa shape index (κ2) is 9.57. The molecule has 1 heterocycles. The minimum atomic E-state index is -3.02. The Morgan fingerprint density at radius 2 is 1.86 bits per heavy atom. The average molecular weight is 474 g/mol. The smallest absolute Gasteiger partial charge is 0.268 e. The number of alkyl halides is 2. The Labute approximate surface area is 177 Å². The summed E-state index contributed by atoms with van der Waals surface area (Å²) in [6, 6.07) is 12.3. The molecule has 2 aromatic rings. The summed E-state index contributed by atoms with van der Waals surface area (Å²) < 4.78 is 27.7. The molecule has 0 bridgehead atoms. The molecule has 2 rings (SSSR count). The van der Waals surface area contributed by atoms with E-state index in [0.29, 0.717) is 13.0 Å². The lowest BCUT2D eigenvalue weighted by molar-refractivity contribution is -0.158. The van der Waals surface area contributed by atoms with E-state index in [-0.39, 0.29) is 6.42 Å². The SMILES string of the molecule is CCC(=O)C(C)(NCCCc1ccc(-c2ccc(Br)s2)cc1)C(C)(O)C(F)F. The van der Waals surface area contributed by atoms with Crippen molar-refractivity contribution in [2.24, 2.45) is 0 Å². The summed E-state index contributed by atoms with van der Waals surface area (Å²) in [4.78, 5) is 13.4. The maximum atomic E-state index is 13.3. The van der Waals surface area contributed by atoms with Crippen molar-refractivity contribution >= 4 is 33.0 Å². The van der Waals surface area contributed by atoms with E-state index in [4.69, 9.17) is 0 Å². The van der Waals surface area contributed by atoms with Gasteiger partial charge in [-0.15, -0.1) is 11.3 Å². The molecule has 0 radical (unpaired) electrons. The molecule has 1 aromatic carbocycles. The normalized spacial score (nSPS) is 16.0. The number of hydrogen-bond acceptors (Lipinski definition) is 4. The van der Waals surface area contributed by atoms with Crippen molar-refractivity contribution < 1.29 is 18.7 Å². The molecule has 0 aliphatic heterocycles. The highest BCUT2D eigenvalue weighted by Crippen LogP contribution is 2.32. The first-order valence-electron chi connectivity index (χ1n) is 9.25. The molecule has 2 unspecified atom stereocenters. The van der Waals surface area contributed by atoms with Gasteiger partial charge < -0.3 is 10.4 Å². The maximum Gasteiger partial charge on any atom is 0.268 e. The number of rotatable bonds is 10. The fourth-order valence-electron chi connectivity index (χ4n) is 3.07. The third-order valence-corrected chi connectivity index (χ3v) is 6.92. The largest absolute Gasteiger partial charge is 0.382 e. The summed E-state index contributed by atoms with van der Waals surface area (Å²) in [6.45, 7) is 4.33. The van der Waals surface area contributed by atoms with Crippen LogP contribution in [-0.2, 0) is 11.2 Å². The van der Waals surface area contributed by atoms with Gasteiger partial charge in [0.15, 0.2) is 5.78 Å². The molecule has 154 valence electrons. The molecule has 1 aromatic heterocycles. The first-order valence-corrected chi connectivity index (χ1v) is 10.9. The van der Waals surface area contributed by atoms with Gasteiger partial charge in [0.25, 0.3) is 6.43 Å². The van der Waals surface area contributed by atoms with Crippen molar-refractivity contribution in [3.8, 4) is 10.4 Å². The van der Waals surface area contributed by atoms with E-state index in [1.807, 2.05) is 6.07 Å².